The van der Waals surface area contributed by atoms with Gasteiger partial charge in [-0.3, -0.25) is 4.79 Å². The molecule has 0 aliphatic rings. The predicted octanol–water partition coefficient (Wildman–Crippen LogP) is 1.77. The van der Waals surface area contributed by atoms with Crippen LogP contribution in [0, 0.1) is 11.6 Å². The van der Waals surface area contributed by atoms with Crippen molar-refractivity contribution in [2.24, 2.45) is 0 Å². The summed E-state index contributed by atoms with van der Waals surface area (Å²) in [5, 5.41) is 0. The van der Waals surface area contributed by atoms with Crippen LogP contribution in [0.1, 0.15) is 12.5 Å². The van der Waals surface area contributed by atoms with Gasteiger partial charge in [0.1, 0.15) is 0 Å². The zero-order valence-corrected chi connectivity index (χ0v) is 13.4. The van der Waals surface area contributed by atoms with E-state index in [1.165, 1.54) is 25.3 Å². The van der Waals surface area contributed by atoms with Gasteiger partial charge in [-0.2, -0.15) is 0 Å². The first kappa shape index (κ1) is 17.8. The summed E-state index contributed by atoms with van der Waals surface area (Å²) in [6.07, 6.45) is 0.302. The van der Waals surface area contributed by atoms with E-state index in [1.54, 1.807) is 16.9 Å². The van der Waals surface area contributed by atoms with E-state index < -0.39 is 39.4 Å². The molecule has 0 radical (unpaired) electrons. The molecule has 1 aromatic heterocycles. The van der Waals surface area contributed by atoms with Crippen molar-refractivity contribution in [1.82, 2.24) is 9.71 Å². The maximum absolute atomic E-state index is 13.5. The molecule has 1 unspecified atom stereocenters. The molecular formula is C15H14F2N2O4S. The molecule has 0 saturated carbocycles. The Bertz CT molecular complexity index is 829. The normalized spacial score (nSPS) is 12.5. The highest BCUT2D eigenvalue weighted by Crippen LogP contribution is 2.14. The van der Waals surface area contributed by atoms with Crippen LogP contribution in [0.25, 0.3) is 0 Å². The van der Waals surface area contributed by atoms with Crippen LogP contribution < -0.4 is 9.46 Å². The Hall–Kier alpha value is -2.55. The van der Waals surface area contributed by atoms with Gasteiger partial charge in [-0.1, -0.05) is 18.2 Å². The molecular weight excluding hydrogens is 342 g/mol. The van der Waals surface area contributed by atoms with Crippen molar-refractivity contribution in [1.29, 1.82) is 0 Å². The summed E-state index contributed by atoms with van der Waals surface area (Å²) >= 11 is 0. The van der Waals surface area contributed by atoms with Gasteiger partial charge in [0.15, 0.2) is 17.7 Å². The van der Waals surface area contributed by atoms with Crippen LogP contribution in [0.3, 0.4) is 0 Å². The van der Waals surface area contributed by atoms with Gasteiger partial charge < -0.3 is 4.74 Å². The molecule has 0 aliphatic heterocycles. The third-order valence-corrected chi connectivity index (χ3v) is 4.14. The molecule has 6 nitrogen and oxygen atoms in total. The van der Waals surface area contributed by atoms with E-state index in [9.17, 15) is 22.0 Å². The van der Waals surface area contributed by atoms with Gasteiger partial charge in [0.05, 0.1) is 5.75 Å². The average Bonchev–Trinajstić information content (AvgIpc) is 2.52. The molecule has 24 heavy (non-hydrogen) atoms. The second-order valence-corrected chi connectivity index (χ2v) is 6.59. The Kier molecular flexibility index (Phi) is 5.45. The van der Waals surface area contributed by atoms with Gasteiger partial charge in [-0.25, -0.2) is 26.9 Å². The number of ether oxygens (including phenoxy) is 1. The molecule has 0 bridgehead atoms. The van der Waals surface area contributed by atoms with Crippen molar-refractivity contribution < 1.29 is 26.7 Å². The third-order valence-electron chi connectivity index (χ3n) is 2.94. The van der Waals surface area contributed by atoms with Gasteiger partial charge >= 0.3 is 0 Å². The summed E-state index contributed by atoms with van der Waals surface area (Å²) in [5.74, 6) is -4.11. The molecule has 2 aromatic rings. The number of halogens is 2. The van der Waals surface area contributed by atoms with Crippen LogP contribution in [-0.4, -0.2) is 25.4 Å². The van der Waals surface area contributed by atoms with Gasteiger partial charge in [0.25, 0.3) is 5.91 Å². The Morgan fingerprint density at radius 1 is 1.25 bits per heavy atom. The molecule has 1 N–H and O–H groups in total. The molecule has 0 fully saturated rings. The molecule has 0 saturated heterocycles. The number of carbonyl (C=O) groups excluding carboxylic acids is 1. The highest BCUT2D eigenvalue weighted by molar-refractivity contribution is 7.89. The predicted molar refractivity (Wildman–Crippen MR) is 81.5 cm³/mol. The second-order valence-electron chi connectivity index (χ2n) is 4.87. The summed E-state index contributed by atoms with van der Waals surface area (Å²) in [5.41, 5.74) is -0.381. The molecule has 0 spiro atoms. The smallest absolute Gasteiger partial charge is 0.274 e. The Balaban J connectivity index is 2.03. The lowest BCUT2D eigenvalue weighted by Crippen LogP contribution is -2.40. The first-order valence-corrected chi connectivity index (χ1v) is 8.48. The number of nitrogens with one attached hydrogen (secondary N) is 1. The number of rotatable bonds is 6. The first-order chi connectivity index (χ1) is 11.3. The maximum atomic E-state index is 13.5. The van der Waals surface area contributed by atoms with Crippen molar-refractivity contribution in [3.63, 3.8) is 0 Å². The fourth-order valence-electron chi connectivity index (χ4n) is 1.79. The minimum Gasteiger partial charge on any atom is -0.464 e. The Morgan fingerprint density at radius 3 is 2.67 bits per heavy atom. The average molecular weight is 356 g/mol. The van der Waals surface area contributed by atoms with E-state index in [1.807, 2.05) is 0 Å². The summed E-state index contributed by atoms with van der Waals surface area (Å²) in [6.45, 7) is 1.34. The molecule has 1 heterocycles. The van der Waals surface area contributed by atoms with Gasteiger partial charge in [-0.15, -0.1) is 0 Å². The lowest BCUT2D eigenvalue weighted by Gasteiger charge is -2.14. The summed E-state index contributed by atoms with van der Waals surface area (Å²) in [7, 11) is -4.22. The van der Waals surface area contributed by atoms with Crippen LogP contribution in [0.5, 0.6) is 5.88 Å². The zero-order valence-electron chi connectivity index (χ0n) is 12.6. The van der Waals surface area contributed by atoms with Gasteiger partial charge in [0.2, 0.25) is 15.9 Å². The minimum absolute atomic E-state index is 0.147. The number of hydrogen-bond donors (Lipinski definition) is 1. The minimum atomic E-state index is -4.22. The van der Waals surface area contributed by atoms with Gasteiger partial charge in [0, 0.05) is 17.8 Å². The number of nitrogens with zero attached hydrogens (tertiary/aromatic N) is 1. The number of amides is 1. The monoisotopic (exact) mass is 356 g/mol. The molecule has 1 amide bonds. The standard InChI is InChI=1S/C15H14F2N2O4S/c1-10(23-13-7-2-3-8-18-13)15(20)19-24(21,22)9-11-5-4-6-12(16)14(11)17/h2-8,10H,9H2,1H3,(H,19,20). The summed E-state index contributed by atoms with van der Waals surface area (Å²) in [6, 6.07) is 7.95. The lowest BCUT2D eigenvalue weighted by molar-refractivity contribution is -0.125. The first-order valence-electron chi connectivity index (χ1n) is 6.83. The van der Waals surface area contributed by atoms with E-state index in [-0.39, 0.29) is 11.4 Å². The number of pyridine rings is 1. The van der Waals surface area contributed by atoms with Crippen LogP contribution in [-0.2, 0) is 20.6 Å². The van der Waals surface area contributed by atoms with E-state index in [2.05, 4.69) is 4.98 Å². The Labute approximate surface area is 137 Å². The molecule has 2 rings (SSSR count). The number of aromatic nitrogens is 1. The van der Waals surface area contributed by atoms with Crippen LogP contribution in [0.4, 0.5) is 8.78 Å². The van der Waals surface area contributed by atoms with Crippen molar-refractivity contribution >= 4 is 15.9 Å². The molecule has 9 heteroatoms. The summed E-state index contributed by atoms with van der Waals surface area (Å²) in [4.78, 5) is 15.7. The molecule has 128 valence electrons. The lowest BCUT2D eigenvalue weighted by atomic mass is 10.2. The highest BCUT2D eigenvalue weighted by atomic mass is 32.2. The number of carbonyl (C=O) groups is 1. The van der Waals surface area contributed by atoms with Crippen molar-refractivity contribution in [2.75, 3.05) is 0 Å². The molecule has 0 aliphatic carbocycles. The highest BCUT2D eigenvalue weighted by Gasteiger charge is 2.23. The second kappa shape index (κ2) is 7.35. The van der Waals surface area contributed by atoms with Crippen molar-refractivity contribution in [2.45, 2.75) is 18.8 Å². The topological polar surface area (TPSA) is 85.4 Å². The van der Waals surface area contributed by atoms with Crippen LogP contribution in [0.15, 0.2) is 42.6 Å². The number of benzene rings is 1. The SMILES string of the molecule is CC(Oc1ccccn1)C(=O)NS(=O)(=O)Cc1cccc(F)c1F. The van der Waals surface area contributed by atoms with Gasteiger partial charge in [-0.05, 0) is 19.1 Å². The van der Waals surface area contributed by atoms with E-state index in [0.717, 1.165) is 12.1 Å². The summed E-state index contributed by atoms with van der Waals surface area (Å²) < 4.78 is 57.5. The quantitative estimate of drug-likeness (QED) is 0.853. The van der Waals surface area contributed by atoms with Crippen LogP contribution >= 0.6 is 0 Å². The largest absolute Gasteiger partial charge is 0.464 e. The number of sulfonamides is 1. The van der Waals surface area contributed by atoms with Crippen LogP contribution in [0.2, 0.25) is 0 Å². The van der Waals surface area contributed by atoms with E-state index >= 15 is 0 Å². The third kappa shape index (κ3) is 4.72. The molecule has 1 aromatic carbocycles. The zero-order chi connectivity index (χ0) is 17.7. The fourth-order valence-corrected chi connectivity index (χ4v) is 2.97. The Morgan fingerprint density at radius 2 is 2.00 bits per heavy atom. The van der Waals surface area contributed by atoms with Crippen molar-refractivity contribution in [3.8, 4) is 5.88 Å². The molecule has 1 atom stereocenters. The fraction of sp³-hybridized carbons (Fsp3) is 0.200. The number of hydrogen-bond acceptors (Lipinski definition) is 5. The van der Waals surface area contributed by atoms with Crippen molar-refractivity contribution in [3.05, 3.63) is 59.8 Å². The maximum Gasteiger partial charge on any atom is 0.274 e. The van der Waals surface area contributed by atoms with E-state index in [4.69, 9.17) is 4.74 Å². The van der Waals surface area contributed by atoms with E-state index in [0.29, 0.717) is 0 Å².